The predicted molar refractivity (Wildman–Crippen MR) is 53.4 cm³/mol. The summed E-state index contributed by atoms with van der Waals surface area (Å²) in [5.74, 6) is -1.06. The van der Waals surface area contributed by atoms with E-state index in [1.165, 1.54) is 0 Å². The molecule has 0 unspecified atom stereocenters. The van der Waals surface area contributed by atoms with Crippen LogP contribution in [0, 0.1) is 5.41 Å². The monoisotopic (exact) mass is 215 g/mol. The van der Waals surface area contributed by atoms with Crippen molar-refractivity contribution in [2.75, 3.05) is 19.8 Å². The van der Waals surface area contributed by atoms with E-state index in [2.05, 4.69) is 5.32 Å². The van der Waals surface area contributed by atoms with Gasteiger partial charge in [-0.25, -0.2) is 0 Å². The third-order valence-corrected chi connectivity index (χ3v) is 2.51. The summed E-state index contributed by atoms with van der Waals surface area (Å²) < 4.78 is 5.03. The van der Waals surface area contributed by atoms with Gasteiger partial charge < -0.3 is 15.2 Å². The molecule has 86 valence electrons. The van der Waals surface area contributed by atoms with Gasteiger partial charge in [0.1, 0.15) is 6.61 Å². The topological polar surface area (TPSA) is 75.6 Å². The van der Waals surface area contributed by atoms with Gasteiger partial charge >= 0.3 is 5.97 Å². The SMILES string of the molecule is CCCOCC(=O)NCC1(C(=O)O)CC1. The summed E-state index contributed by atoms with van der Waals surface area (Å²) in [7, 11) is 0. The maximum absolute atomic E-state index is 11.2. The fourth-order valence-corrected chi connectivity index (χ4v) is 1.25. The Bertz CT molecular complexity index is 248. The van der Waals surface area contributed by atoms with E-state index >= 15 is 0 Å². The number of carbonyl (C=O) groups is 2. The molecule has 1 aliphatic carbocycles. The minimum atomic E-state index is -0.822. The Kier molecular flexibility index (Phi) is 4.08. The number of nitrogens with one attached hydrogen (secondary N) is 1. The van der Waals surface area contributed by atoms with Crippen LogP contribution in [0.15, 0.2) is 0 Å². The first-order chi connectivity index (χ1) is 7.10. The maximum atomic E-state index is 11.2. The molecule has 1 saturated carbocycles. The van der Waals surface area contributed by atoms with Crippen molar-refractivity contribution in [2.24, 2.45) is 5.41 Å². The van der Waals surface area contributed by atoms with Gasteiger partial charge in [-0.1, -0.05) is 6.92 Å². The second kappa shape index (κ2) is 5.11. The number of hydrogen-bond acceptors (Lipinski definition) is 3. The molecule has 0 aromatic rings. The molecular weight excluding hydrogens is 198 g/mol. The Morgan fingerprint density at radius 3 is 2.60 bits per heavy atom. The largest absolute Gasteiger partial charge is 0.481 e. The molecule has 2 N–H and O–H groups in total. The maximum Gasteiger partial charge on any atom is 0.311 e. The number of hydrogen-bond donors (Lipinski definition) is 2. The molecule has 1 amide bonds. The first-order valence-electron chi connectivity index (χ1n) is 5.18. The van der Waals surface area contributed by atoms with Crippen molar-refractivity contribution in [3.05, 3.63) is 0 Å². The number of carboxylic acid groups (broad SMARTS) is 1. The fraction of sp³-hybridized carbons (Fsp3) is 0.800. The van der Waals surface area contributed by atoms with E-state index in [9.17, 15) is 9.59 Å². The molecule has 0 saturated heterocycles. The molecule has 15 heavy (non-hydrogen) atoms. The van der Waals surface area contributed by atoms with Crippen molar-refractivity contribution < 1.29 is 19.4 Å². The highest BCUT2D eigenvalue weighted by atomic mass is 16.5. The Hall–Kier alpha value is -1.10. The van der Waals surface area contributed by atoms with Crippen LogP contribution < -0.4 is 5.32 Å². The van der Waals surface area contributed by atoms with Crippen molar-refractivity contribution in [2.45, 2.75) is 26.2 Å². The van der Waals surface area contributed by atoms with E-state index in [0.717, 1.165) is 6.42 Å². The minimum absolute atomic E-state index is 0.0174. The normalized spacial score (nSPS) is 17.1. The van der Waals surface area contributed by atoms with Crippen molar-refractivity contribution in [1.29, 1.82) is 0 Å². The lowest BCUT2D eigenvalue weighted by Gasteiger charge is -2.10. The van der Waals surface area contributed by atoms with Gasteiger partial charge in [0.15, 0.2) is 0 Å². The average molecular weight is 215 g/mol. The van der Waals surface area contributed by atoms with Gasteiger partial charge in [0.25, 0.3) is 0 Å². The average Bonchev–Trinajstić information content (AvgIpc) is 2.96. The Morgan fingerprint density at radius 2 is 2.13 bits per heavy atom. The second-order valence-electron chi connectivity index (χ2n) is 3.91. The lowest BCUT2D eigenvalue weighted by molar-refractivity contribution is -0.143. The van der Waals surface area contributed by atoms with Crippen LogP contribution in [0.1, 0.15) is 26.2 Å². The zero-order valence-corrected chi connectivity index (χ0v) is 8.91. The molecule has 0 bridgehead atoms. The van der Waals surface area contributed by atoms with E-state index in [0.29, 0.717) is 19.4 Å². The molecule has 1 rings (SSSR count). The van der Waals surface area contributed by atoms with Gasteiger partial charge in [-0.15, -0.1) is 0 Å². The summed E-state index contributed by atoms with van der Waals surface area (Å²) in [4.78, 5) is 22.0. The molecular formula is C10H17NO4. The van der Waals surface area contributed by atoms with Crippen LogP contribution in [0.5, 0.6) is 0 Å². The van der Waals surface area contributed by atoms with Gasteiger partial charge in [0, 0.05) is 13.2 Å². The molecule has 0 radical (unpaired) electrons. The van der Waals surface area contributed by atoms with Crippen LogP contribution in [0.3, 0.4) is 0 Å². The molecule has 0 atom stereocenters. The molecule has 0 aromatic carbocycles. The fourth-order valence-electron chi connectivity index (χ4n) is 1.25. The van der Waals surface area contributed by atoms with E-state index in [1.54, 1.807) is 0 Å². The molecule has 0 aromatic heterocycles. The van der Waals surface area contributed by atoms with Crippen molar-refractivity contribution in [3.63, 3.8) is 0 Å². The lowest BCUT2D eigenvalue weighted by Crippen LogP contribution is -2.36. The summed E-state index contributed by atoms with van der Waals surface area (Å²) in [6.45, 7) is 2.75. The Balaban J connectivity index is 2.14. The molecule has 1 aliphatic rings. The summed E-state index contributed by atoms with van der Waals surface area (Å²) >= 11 is 0. The van der Waals surface area contributed by atoms with Crippen LogP contribution in [0.2, 0.25) is 0 Å². The number of rotatable bonds is 7. The van der Waals surface area contributed by atoms with E-state index in [1.807, 2.05) is 6.92 Å². The molecule has 0 heterocycles. The predicted octanol–water partition coefficient (Wildman–Crippen LogP) is 0.394. The smallest absolute Gasteiger partial charge is 0.311 e. The van der Waals surface area contributed by atoms with Gasteiger partial charge in [-0.05, 0) is 19.3 Å². The summed E-state index contributed by atoms with van der Waals surface area (Å²) in [5.41, 5.74) is -0.694. The molecule has 0 spiro atoms. The number of amides is 1. The summed E-state index contributed by atoms with van der Waals surface area (Å²) in [6, 6.07) is 0. The lowest BCUT2D eigenvalue weighted by atomic mass is 10.1. The highest BCUT2D eigenvalue weighted by molar-refractivity contribution is 5.81. The molecule has 5 nitrogen and oxygen atoms in total. The number of aliphatic carboxylic acids is 1. The molecule has 1 fully saturated rings. The van der Waals surface area contributed by atoms with E-state index < -0.39 is 11.4 Å². The van der Waals surface area contributed by atoms with Crippen LogP contribution in [-0.2, 0) is 14.3 Å². The van der Waals surface area contributed by atoms with Crippen molar-refractivity contribution in [1.82, 2.24) is 5.32 Å². The van der Waals surface area contributed by atoms with E-state index in [-0.39, 0.29) is 19.1 Å². The third kappa shape index (κ3) is 3.51. The van der Waals surface area contributed by atoms with Gasteiger partial charge in [0.2, 0.25) is 5.91 Å². The van der Waals surface area contributed by atoms with Crippen LogP contribution in [0.4, 0.5) is 0 Å². The summed E-state index contributed by atoms with van der Waals surface area (Å²) in [5, 5.41) is 11.4. The van der Waals surface area contributed by atoms with Crippen LogP contribution in [0.25, 0.3) is 0 Å². The standard InChI is InChI=1S/C10H17NO4/c1-2-5-15-6-8(12)11-7-10(3-4-10)9(13)14/h2-7H2,1H3,(H,11,12)(H,13,14). The Morgan fingerprint density at radius 1 is 1.47 bits per heavy atom. The molecule has 5 heteroatoms. The Labute approximate surface area is 88.8 Å². The molecule has 0 aliphatic heterocycles. The van der Waals surface area contributed by atoms with Gasteiger partial charge in [-0.2, -0.15) is 0 Å². The van der Waals surface area contributed by atoms with Gasteiger partial charge in [-0.3, -0.25) is 9.59 Å². The number of ether oxygens (including phenoxy) is 1. The zero-order valence-electron chi connectivity index (χ0n) is 8.91. The zero-order chi connectivity index (χ0) is 11.3. The summed E-state index contributed by atoms with van der Waals surface area (Å²) in [6.07, 6.45) is 2.17. The van der Waals surface area contributed by atoms with E-state index in [4.69, 9.17) is 9.84 Å². The minimum Gasteiger partial charge on any atom is -0.481 e. The quantitative estimate of drug-likeness (QED) is 0.602. The van der Waals surface area contributed by atoms with Gasteiger partial charge in [0.05, 0.1) is 5.41 Å². The van der Waals surface area contributed by atoms with Crippen molar-refractivity contribution in [3.8, 4) is 0 Å². The second-order valence-corrected chi connectivity index (χ2v) is 3.91. The van der Waals surface area contributed by atoms with Crippen LogP contribution >= 0.6 is 0 Å². The first kappa shape index (κ1) is 12.0. The number of carboxylic acids is 1. The third-order valence-electron chi connectivity index (χ3n) is 2.51. The first-order valence-corrected chi connectivity index (χ1v) is 5.18. The highest BCUT2D eigenvalue weighted by Gasteiger charge is 2.50. The van der Waals surface area contributed by atoms with Crippen molar-refractivity contribution >= 4 is 11.9 Å². The van der Waals surface area contributed by atoms with Crippen LogP contribution in [-0.4, -0.2) is 36.7 Å². The number of carbonyl (C=O) groups excluding carboxylic acids is 1. The highest BCUT2D eigenvalue weighted by Crippen LogP contribution is 2.45.